The van der Waals surface area contributed by atoms with E-state index in [0.29, 0.717) is 19.0 Å². The molecule has 6 heteroatoms. The summed E-state index contributed by atoms with van der Waals surface area (Å²) in [5.74, 6) is 0.530. The van der Waals surface area contributed by atoms with Crippen molar-refractivity contribution in [2.24, 2.45) is 0 Å². The number of methoxy groups -OCH3 is 1. The highest BCUT2D eigenvalue weighted by Gasteiger charge is 2.08. The molecule has 2 aromatic rings. The molecule has 21 heavy (non-hydrogen) atoms. The van der Waals surface area contributed by atoms with Gasteiger partial charge in [-0.05, 0) is 25.0 Å². The Kier molecular flexibility index (Phi) is 6.18. The molecule has 0 unspecified atom stereocenters. The van der Waals surface area contributed by atoms with Crippen molar-refractivity contribution < 1.29 is 9.47 Å². The van der Waals surface area contributed by atoms with Crippen LogP contribution in [0.2, 0.25) is 0 Å². The maximum Gasteiger partial charge on any atom is 0.132 e. The lowest BCUT2D eigenvalue weighted by molar-refractivity contribution is 0.0684. The fourth-order valence-corrected chi connectivity index (χ4v) is 2.09. The molecule has 114 valence electrons. The lowest BCUT2D eigenvalue weighted by atomic mass is 10.2. The highest BCUT2D eigenvalue weighted by atomic mass is 16.5. The first kappa shape index (κ1) is 15.5. The molecular weight excluding hydrogens is 268 g/mol. The number of imidazole rings is 1. The number of nitrogen functional groups attached to an aromatic ring is 1. The van der Waals surface area contributed by atoms with Crippen molar-refractivity contribution in [2.75, 3.05) is 32.7 Å². The minimum atomic E-state index is 0.530. The largest absolute Gasteiger partial charge is 0.383 e. The quantitative estimate of drug-likeness (QED) is 0.715. The second kappa shape index (κ2) is 8.39. The lowest BCUT2D eigenvalue weighted by Crippen LogP contribution is -2.05. The van der Waals surface area contributed by atoms with Crippen LogP contribution in [0.25, 0.3) is 11.3 Å². The molecule has 0 aliphatic rings. The van der Waals surface area contributed by atoms with Crippen molar-refractivity contribution in [3.05, 3.63) is 30.9 Å². The molecule has 0 saturated carbocycles. The van der Waals surface area contributed by atoms with Crippen LogP contribution in [0.5, 0.6) is 0 Å². The second-order valence-electron chi connectivity index (χ2n) is 4.72. The Morgan fingerprint density at radius 2 is 2.14 bits per heavy atom. The summed E-state index contributed by atoms with van der Waals surface area (Å²) in [6.45, 7) is 2.94. The Labute approximate surface area is 124 Å². The number of aryl methyl sites for hydroxylation is 1. The van der Waals surface area contributed by atoms with Crippen LogP contribution in [0, 0.1) is 0 Å². The van der Waals surface area contributed by atoms with Gasteiger partial charge in [0.2, 0.25) is 0 Å². The number of anilines is 1. The summed E-state index contributed by atoms with van der Waals surface area (Å²) in [5, 5.41) is 0. The Bertz CT molecular complexity index is 542. The number of hydrogen-bond acceptors (Lipinski definition) is 5. The Morgan fingerprint density at radius 3 is 2.95 bits per heavy atom. The van der Waals surface area contributed by atoms with Gasteiger partial charge >= 0.3 is 0 Å². The minimum Gasteiger partial charge on any atom is -0.383 e. The summed E-state index contributed by atoms with van der Waals surface area (Å²) in [7, 11) is 1.67. The van der Waals surface area contributed by atoms with Crippen LogP contribution in [0.3, 0.4) is 0 Å². The number of aromatic nitrogens is 3. The Hall–Kier alpha value is -1.92. The topological polar surface area (TPSA) is 75.2 Å². The molecule has 2 aromatic heterocycles. The standard InChI is InChI=1S/C15H22N4O2/c1-20-9-10-21-8-3-2-7-19-12-17-11-14(19)13-5-4-6-18-15(13)16/h4-6,11-12H,2-3,7-10H2,1H3,(H2,16,18). The Balaban J connectivity index is 1.83. The second-order valence-corrected chi connectivity index (χ2v) is 4.72. The van der Waals surface area contributed by atoms with Crippen molar-refractivity contribution >= 4 is 5.82 Å². The van der Waals surface area contributed by atoms with Crippen LogP contribution in [-0.4, -0.2) is 41.5 Å². The number of rotatable bonds is 9. The van der Waals surface area contributed by atoms with E-state index in [0.717, 1.165) is 37.3 Å². The first-order chi connectivity index (χ1) is 10.3. The summed E-state index contributed by atoms with van der Waals surface area (Å²) >= 11 is 0. The molecule has 2 N–H and O–H groups in total. The monoisotopic (exact) mass is 290 g/mol. The summed E-state index contributed by atoms with van der Waals surface area (Å²) in [4.78, 5) is 8.33. The fourth-order valence-electron chi connectivity index (χ4n) is 2.09. The van der Waals surface area contributed by atoms with Gasteiger partial charge in [0.25, 0.3) is 0 Å². The van der Waals surface area contributed by atoms with Crippen molar-refractivity contribution in [2.45, 2.75) is 19.4 Å². The van der Waals surface area contributed by atoms with E-state index < -0.39 is 0 Å². The molecule has 0 spiro atoms. The van der Waals surface area contributed by atoms with Crippen LogP contribution in [0.1, 0.15) is 12.8 Å². The van der Waals surface area contributed by atoms with E-state index in [-0.39, 0.29) is 0 Å². The number of nitrogens with two attached hydrogens (primary N) is 1. The predicted octanol–water partition coefficient (Wildman–Crippen LogP) is 1.97. The van der Waals surface area contributed by atoms with Gasteiger partial charge in [-0.25, -0.2) is 9.97 Å². The van der Waals surface area contributed by atoms with Gasteiger partial charge in [-0.15, -0.1) is 0 Å². The van der Waals surface area contributed by atoms with Crippen molar-refractivity contribution in [3.8, 4) is 11.3 Å². The minimum absolute atomic E-state index is 0.530. The molecule has 0 aliphatic heterocycles. The van der Waals surface area contributed by atoms with Gasteiger partial charge in [0.05, 0.1) is 31.4 Å². The van der Waals surface area contributed by atoms with Gasteiger partial charge < -0.3 is 19.8 Å². The summed E-state index contributed by atoms with van der Waals surface area (Å²) in [6, 6.07) is 3.84. The van der Waals surface area contributed by atoms with Crippen LogP contribution in [0.15, 0.2) is 30.9 Å². The molecule has 0 saturated heterocycles. The molecule has 6 nitrogen and oxygen atoms in total. The third kappa shape index (κ3) is 4.54. The number of unbranched alkanes of at least 4 members (excludes halogenated alkanes) is 1. The summed E-state index contributed by atoms with van der Waals surface area (Å²) in [6.07, 6.45) is 7.37. The highest BCUT2D eigenvalue weighted by molar-refractivity contribution is 5.70. The predicted molar refractivity (Wildman–Crippen MR) is 81.8 cm³/mol. The zero-order chi connectivity index (χ0) is 14.9. The zero-order valence-electron chi connectivity index (χ0n) is 12.4. The van der Waals surface area contributed by atoms with Crippen LogP contribution >= 0.6 is 0 Å². The van der Waals surface area contributed by atoms with E-state index >= 15 is 0 Å². The summed E-state index contributed by atoms with van der Waals surface area (Å²) < 4.78 is 12.5. The first-order valence-corrected chi connectivity index (χ1v) is 7.10. The van der Waals surface area contributed by atoms with E-state index in [1.54, 1.807) is 13.3 Å². The zero-order valence-corrected chi connectivity index (χ0v) is 12.4. The van der Waals surface area contributed by atoms with Crippen LogP contribution in [0.4, 0.5) is 5.82 Å². The SMILES string of the molecule is COCCOCCCCn1cncc1-c1cccnc1N. The number of pyridine rings is 1. The smallest absolute Gasteiger partial charge is 0.132 e. The molecule has 0 radical (unpaired) electrons. The van der Waals surface area contributed by atoms with Crippen molar-refractivity contribution in [1.29, 1.82) is 0 Å². The maximum atomic E-state index is 5.92. The average Bonchev–Trinajstić information content (AvgIpc) is 2.95. The number of hydrogen-bond donors (Lipinski definition) is 1. The van der Waals surface area contributed by atoms with E-state index in [9.17, 15) is 0 Å². The van der Waals surface area contributed by atoms with Crippen molar-refractivity contribution in [3.63, 3.8) is 0 Å². The van der Waals surface area contributed by atoms with E-state index in [1.165, 1.54) is 0 Å². The third-order valence-electron chi connectivity index (χ3n) is 3.20. The van der Waals surface area contributed by atoms with Crippen molar-refractivity contribution in [1.82, 2.24) is 14.5 Å². The molecule has 2 rings (SSSR count). The molecule has 0 aliphatic carbocycles. The normalized spacial score (nSPS) is 10.9. The average molecular weight is 290 g/mol. The van der Waals surface area contributed by atoms with E-state index in [1.807, 2.05) is 24.7 Å². The molecule has 0 atom stereocenters. The van der Waals surface area contributed by atoms with E-state index in [4.69, 9.17) is 15.2 Å². The molecule has 2 heterocycles. The number of nitrogens with zero attached hydrogens (tertiary/aromatic N) is 3. The third-order valence-corrected chi connectivity index (χ3v) is 3.20. The maximum absolute atomic E-state index is 5.92. The highest BCUT2D eigenvalue weighted by Crippen LogP contribution is 2.23. The molecular formula is C15H22N4O2. The fraction of sp³-hybridized carbons (Fsp3) is 0.467. The van der Waals surface area contributed by atoms with Gasteiger partial charge in [0, 0.05) is 32.0 Å². The van der Waals surface area contributed by atoms with Gasteiger partial charge in [0.1, 0.15) is 5.82 Å². The van der Waals surface area contributed by atoms with Gasteiger partial charge in [-0.2, -0.15) is 0 Å². The van der Waals surface area contributed by atoms with Gasteiger partial charge in [-0.3, -0.25) is 0 Å². The van der Waals surface area contributed by atoms with Crippen LogP contribution < -0.4 is 5.73 Å². The molecule has 0 bridgehead atoms. The molecule has 0 fully saturated rings. The van der Waals surface area contributed by atoms with E-state index in [2.05, 4.69) is 14.5 Å². The summed E-state index contributed by atoms with van der Waals surface area (Å²) in [5.41, 5.74) is 7.84. The van der Waals surface area contributed by atoms with Gasteiger partial charge in [0.15, 0.2) is 0 Å². The first-order valence-electron chi connectivity index (χ1n) is 7.10. The molecule has 0 amide bonds. The molecule has 0 aromatic carbocycles. The Morgan fingerprint density at radius 1 is 1.24 bits per heavy atom. The number of ether oxygens (including phenoxy) is 2. The van der Waals surface area contributed by atoms with Crippen LogP contribution in [-0.2, 0) is 16.0 Å². The lowest BCUT2D eigenvalue weighted by Gasteiger charge is -2.09. The van der Waals surface area contributed by atoms with Gasteiger partial charge in [-0.1, -0.05) is 0 Å².